The van der Waals surface area contributed by atoms with E-state index in [2.05, 4.69) is 44.7 Å². The van der Waals surface area contributed by atoms with Gasteiger partial charge in [-0.3, -0.25) is 4.99 Å². The predicted octanol–water partition coefficient (Wildman–Crippen LogP) is 3.71. The maximum absolute atomic E-state index is 5.47. The zero-order valence-electron chi connectivity index (χ0n) is 16.6. The van der Waals surface area contributed by atoms with Crippen molar-refractivity contribution in [1.29, 1.82) is 0 Å². The minimum atomic E-state index is 0.0695. The molecule has 1 aromatic carbocycles. The Labute approximate surface area is 152 Å². The summed E-state index contributed by atoms with van der Waals surface area (Å²) in [5.74, 6) is 1.57. The fourth-order valence-electron chi connectivity index (χ4n) is 3.16. The Bertz CT molecular complexity index is 608. The SMILES string of the molecule is COC[C@@H](N=CN1CCc2cc(OC)c(OC)cc2[C@@H]1C)C(C)(C)C. The standard InChI is InChI=1S/C20H32N2O3/c1-14-16-11-18(25-7)17(24-6)10-15(16)8-9-22(14)13-21-19(12-23-5)20(2,3)4/h10-11,13-14,19H,8-9,12H2,1-7H3/t14-,19+/m0/s1. The molecule has 0 N–H and O–H groups in total. The smallest absolute Gasteiger partial charge is 0.161 e. The Morgan fingerprint density at radius 3 is 2.40 bits per heavy atom. The summed E-state index contributed by atoms with van der Waals surface area (Å²) in [6, 6.07) is 4.57. The molecule has 0 spiro atoms. The molecule has 1 aliphatic rings. The molecule has 2 rings (SSSR count). The van der Waals surface area contributed by atoms with Gasteiger partial charge in [0.1, 0.15) is 0 Å². The van der Waals surface area contributed by atoms with Crippen molar-refractivity contribution in [2.24, 2.45) is 10.4 Å². The van der Waals surface area contributed by atoms with Gasteiger partial charge in [0.25, 0.3) is 0 Å². The Balaban J connectivity index is 2.23. The van der Waals surface area contributed by atoms with Gasteiger partial charge in [-0.25, -0.2) is 0 Å². The zero-order chi connectivity index (χ0) is 18.6. The number of rotatable bonds is 6. The molecule has 1 aromatic rings. The Kier molecular flexibility index (Phi) is 6.33. The van der Waals surface area contributed by atoms with Gasteiger partial charge >= 0.3 is 0 Å². The first-order valence-electron chi connectivity index (χ1n) is 8.84. The normalized spacial score (nSPS) is 19.0. The third-order valence-electron chi connectivity index (χ3n) is 4.95. The van der Waals surface area contributed by atoms with E-state index in [1.165, 1.54) is 11.1 Å². The van der Waals surface area contributed by atoms with Crippen molar-refractivity contribution >= 4 is 6.34 Å². The summed E-state index contributed by atoms with van der Waals surface area (Å²) in [5.41, 5.74) is 2.66. The van der Waals surface area contributed by atoms with Gasteiger partial charge in [-0.2, -0.15) is 0 Å². The second-order valence-electron chi connectivity index (χ2n) is 7.67. The third kappa shape index (κ3) is 4.46. The fraction of sp³-hybridized carbons (Fsp3) is 0.650. The van der Waals surface area contributed by atoms with Crippen LogP contribution in [0.2, 0.25) is 0 Å². The van der Waals surface area contributed by atoms with E-state index in [1.54, 1.807) is 21.3 Å². The maximum atomic E-state index is 5.47. The molecular formula is C20H32N2O3. The summed E-state index contributed by atoms with van der Waals surface area (Å²) in [7, 11) is 5.08. The molecule has 0 fully saturated rings. The average Bonchev–Trinajstić information content (AvgIpc) is 2.58. The Morgan fingerprint density at radius 1 is 1.20 bits per heavy atom. The van der Waals surface area contributed by atoms with Crippen LogP contribution in [-0.4, -0.2) is 51.8 Å². The van der Waals surface area contributed by atoms with Gasteiger partial charge in [-0.15, -0.1) is 0 Å². The van der Waals surface area contributed by atoms with Crippen molar-refractivity contribution < 1.29 is 14.2 Å². The van der Waals surface area contributed by atoms with Gasteiger partial charge in [-0.1, -0.05) is 20.8 Å². The molecule has 140 valence electrons. The number of fused-ring (bicyclic) bond motifs is 1. The summed E-state index contributed by atoms with van der Waals surface area (Å²) in [6.07, 6.45) is 2.97. The first-order valence-corrected chi connectivity index (χ1v) is 8.84. The van der Waals surface area contributed by atoms with E-state index in [0.29, 0.717) is 6.61 Å². The molecule has 5 nitrogen and oxygen atoms in total. The van der Waals surface area contributed by atoms with Crippen molar-refractivity contribution in [3.05, 3.63) is 23.3 Å². The second-order valence-corrected chi connectivity index (χ2v) is 7.67. The van der Waals surface area contributed by atoms with E-state index < -0.39 is 0 Å². The van der Waals surface area contributed by atoms with Crippen LogP contribution in [0.3, 0.4) is 0 Å². The van der Waals surface area contributed by atoms with Crippen LogP contribution in [0.15, 0.2) is 17.1 Å². The van der Waals surface area contributed by atoms with Crippen LogP contribution in [0.1, 0.15) is 44.9 Å². The number of ether oxygens (including phenoxy) is 3. The zero-order valence-corrected chi connectivity index (χ0v) is 16.6. The molecule has 2 atom stereocenters. The van der Waals surface area contributed by atoms with E-state index in [-0.39, 0.29) is 17.5 Å². The summed E-state index contributed by atoms with van der Waals surface area (Å²) in [6.45, 7) is 10.4. The molecule has 0 aromatic heterocycles. The van der Waals surface area contributed by atoms with E-state index >= 15 is 0 Å². The lowest BCUT2D eigenvalue weighted by atomic mass is 9.88. The number of benzene rings is 1. The molecule has 0 bridgehead atoms. The van der Waals surface area contributed by atoms with E-state index in [4.69, 9.17) is 19.2 Å². The molecule has 5 heteroatoms. The second kappa shape index (κ2) is 8.09. The van der Waals surface area contributed by atoms with Crippen molar-refractivity contribution in [2.45, 2.75) is 46.2 Å². The summed E-state index contributed by atoms with van der Waals surface area (Å²) < 4.78 is 16.2. The van der Waals surface area contributed by atoms with Crippen molar-refractivity contribution in [1.82, 2.24) is 4.90 Å². The number of aliphatic imine (C=N–C) groups is 1. The lowest BCUT2D eigenvalue weighted by molar-refractivity contribution is 0.135. The summed E-state index contributed by atoms with van der Waals surface area (Å²) in [5, 5.41) is 0. The van der Waals surface area contributed by atoms with Gasteiger partial charge in [0.05, 0.1) is 39.2 Å². The summed E-state index contributed by atoms with van der Waals surface area (Å²) >= 11 is 0. The van der Waals surface area contributed by atoms with Crippen LogP contribution in [0.5, 0.6) is 11.5 Å². The monoisotopic (exact) mass is 348 g/mol. The summed E-state index contributed by atoms with van der Waals surface area (Å²) in [4.78, 5) is 7.12. The minimum absolute atomic E-state index is 0.0695. The predicted molar refractivity (Wildman–Crippen MR) is 102 cm³/mol. The highest BCUT2D eigenvalue weighted by Gasteiger charge is 2.26. The Hall–Kier alpha value is -1.75. The largest absolute Gasteiger partial charge is 0.493 e. The minimum Gasteiger partial charge on any atom is -0.493 e. The fourth-order valence-corrected chi connectivity index (χ4v) is 3.16. The number of nitrogens with zero attached hydrogens (tertiary/aromatic N) is 2. The highest BCUT2D eigenvalue weighted by atomic mass is 16.5. The number of hydrogen-bond acceptors (Lipinski definition) is 4. The average molecular weight is 348 g/mol. The first-order chi connectivity index (χ1) is 11.8. The molecular weight excluding hydrogens is 316 g/mol. The van der Waals surface area contributed by atoms with Gasteiger partial charge < -0.3 is 19.1 Å². The van der Waals surface area contributed by atoms with E-state index in [9.17, 15) is 0 Å². The van der Waals surface area contributed by atoms with Gasteiger partial charge in [0, 0.05) is 13.7 Å². The lowest BCUT2D eigenvalue weighted by Gasteiger charge is -2.35. The molecule has 0 amide bonds. The van der Waals surface area contributed by atoms with Crippen molar-refractivity contribution in [2.75, 3.05) is 34.5 Å². The van der Waals surface area contributed by atoms with Crippen LogP contribution in [0.25, 0.3) is 0 Å². The van der Waals surface area contributed by atoms with Crippen LogP contribution < -0.4 is 9.47 Å². The Morgan fingerprint density at radius 2 is 1.84 bits per heavy atom. The molecule has 0 radical (unpaired) electrons. The van der Waals surface area contributed by atoms with Crippen LogP contribution in [0, 0.1) is 5.41 Å². The topological polar surface area (TPSA) is 43.3 Å². The molecule has 0 unspecified atom stereocenters. The lowest BCUT2D eigenvalue weighted by Crippen LogP contribution is -2.35. The van der Waals surface area contributed by atoms with Crippen LogP contribution >= 0.6 is 0 Å². The van der Waals surface area contributed by atoms with Crippen molar-refractivity contribution in [3.8, 4) is 11.5 Å². The molecule has 0 saturated carbocycles. The van der Waals surface area contributed by atoms with Crippen LogP contribution in [0.4, 0.5) is 0 Å². The molecule has 0 aliphatic carbocycles. The van der Waals surface area contributed by atoms with Gasteiger partial charge in [0.2, 0.25) is 0 Å². The number of methoxy groups -OCH3 is 3. The molecule has 1 heterocycles. The maximum Gasteiger partial charge on any atom is 0.161 e. The highest BCUT2D eigenvalue weighted by Crippen LogP contribution is 2.37. The van der Waals surface area contributed by atoms with Gasteiger partial charge in [-0.05, 0) is 42.0 Å². The third-order valence-corrected chi connectivity index (χ3v) is 4.95. The van der Waals surface area contributed by atoms with E-state index in [1.807, 2.05) is 6.34 Å². The quantitative estimate of drug-likeness (QED) is 0.581. The van der Waals surface area contributed by atoms with Crippen LogP contribution in [-0.2, 0) is 11.2 Å². The van der Waals surface area contributed by atoms with E-state index in [0.717, 1.165) is 24.5 Å². The molecule has 1 aliphatic heterocycles. The van der Waals surface area contributed by atoms with Gasteiger partial charge in [0.15, 0.2) is 11.5 Å². The molecule has 25 heavy (non-hydrogen) atoms. The molecule has 0 saturated heterocycles. The highest BCUT2D eigenvalue weighted by molar-refractivity contribution is 5.59. The number of hydrogen-bond donors (Lipinski definition) is 0. The first kappa shape index (κ1) is 19.6. The van der Waals surface area contributed by atoms with Crippen molar-refractivity contribution in [3.63, 3.8) is 0 Å².